The van der Waals surface area contributed by atoms with Crippen LogP contribution in [-0.4, -0.2) is 17.4 Å². The van der Waals surface area contributed by atoms with E-state index in [2.05, 4.69) is 21.3 Å². The monoisotopic (exact) mass is 383 g/mol. The Bertz CT molecular complexity index is 999. The predicted molar refractivity (Wildman–Crippen MR) is 101 cm³/mol. The second-order valence-corrected chi connectivity index (χ2v) is 6.46. The highest BCUT2D eigenvalue weighted by molar-refractivity contribution is 6.04. The van der Waals surface area contributed by atoms with E-state index >= 15 is 0 Å². The summed E-state index contributed by atoms with van der Waals surface area (Å²) >= 11 is 0. The molecule has 0 atom stereocenters. The van der Waals surface area contributed by atoms with Gasteiger partial charge in [-0.1, -0.05) is 18.2 Å². The topological polar surface area (TPSA) is 45.2 Å². The fourth-order valence-corrected chi connectivity index (χ4v) is 3.21. The van der Waals surface area contributed by atoms with Crippen LogP contribution in [0.5, 0.6) is 0 Å². The average molecular weight is 383 g/mol. The lowest BCUT2D eigenvalue weighted by Gasteiger charge is -2.18. The van der Waals surface area contributed by atoms with E-state index in [1.165, 1.54) is 11.8 Å². The van der Waals surface area contributed by atoms with Gasteiger partial charge in [-0.15, -0.1) is 0 Å². The Hall–Kier alpha value is -3.35. The number of carbonyl (C=O) groups excluding carboxylic acids is 1. The summed E-state index contributed by atoms with van der Waals surface area (Å²) in [7, 11) is 0. The molecule has 142 valence electrons. The molecule has 1 amide bonds. The Morgan fingerprint density at radius 1 is 1.00 bits per heavy atom. The van der Waals surface area contributed by atoms with Crippen LogP contribution in [0.4, 0.5) is 30.4 Å². The van der Waals surface area contributed by atoms with E-state index in [0.717, 1.165) is 48.7 Å². The van der Waals surface area contributed by atoms with Crippen molar-refractivity contribution in [3.8, 4) is 0 Å². The van der Waals surface area contributed by atoms with Crippen LogP contribution in [0.25, 0.3) is 0 Å². The number of carbonyl (C=O) groups is 1. The zero-order valence-electron chi connectivity index (χ0n) is 14.7. The molecule has 28 heavy (non-hydrogen) atoms. The van der Waals surface area contributed by atoms with Gasteiger partial charge in [-0.25, -0.2) is 4.98 Å². The van der Waals surface area contributed by atoms with Crippen LogP contribution in [-0.2, 0) is 12.6 Å². The fraction of sp³-hybridized carbons (Fsp3) is 0.143. The van der Waals surface area contributed by atoms with Crippen LogP contribution < -0.4 is 10.2 Å². The van der Waals surface area contributed by atoms with Gasteiger partial charge >= 0.3 is 6.18 Å². The van der Waals surface area contributed by atoms with Crippen LogP contribution in [0.15, 0.2) is 66.9 Å². The van der Waals surface area contributed by atoms with E-state index in [-0.39, 0.29) is 5.56 Å². The largest absolute Gasteiger partial charge is 0.416 e. The molecule has 3 aromatic rings. The Balaban J connectivity index is 1.46. The van der Waals surface area contributed by atoms with Gasteiger partial charge in [0.25, 0.3) is 5.91 Å². The average Bonchev–Trinajstić information content (AvgIpc) is 3.12. The predicted octanol–water partition coefficient (Wildman–Crippen LogP) is 5.05. The van der Waals surface area contributed by atoms with Crippen LogP contribution >= 0.6 is 0 Å². The summed E-state index contributed by atoms with van der Waals surface area (Å²) in [5.41, 5.74) is 2.22. The van der Waals surface area contributed by atoms with Crippen molar-refractivity contribution in [2.75, 3.05) is 16.8 Å². The van der Waals surface area contributed by atoms with Crippen molar-refractivity contribution >= 4 is 23.1 Å². The zero-order valence-corrected chi connectivity index (χ0v) is 14.7. The van der Waals surface area contributed by atoms with Crippen LogP contribution in [0.2, 0.25) is 0 Å². The molecule has 4 nitrogen and oxygen atoms in total. The summed E-state index contributed by atoms with van der Waals surface area (Å²) in [5, 5.41) is 2.65. The molecule has 0 fully saturated rings. The highest BCUT2D eigenvalue weighted by Crippen LogP contribution is 2.33. The molecule has 2 heterocycles. The number of anilines is 3. The minimum Gasteiger partial charge on any atom is -0.326 e. The second-order valence-electron chi connectivity index (χ2n) is 6.46. The SMILES string of the molecule is O=C(Nc1ccc(N2CCc3ccccc32)nc1)c1ccc(C(F)(F)F)cc1. The third-order valence-corrected chi connectivity index (χ3v) is 4.64. The van der Waals surface area contributed by atoms with E-state index < -0.39 is 17.6 Å². The summed E-state index contributed by atoms with van der Waals surface area (Å²) in [6.07, 6.45) is -1.94. The molecular weight excluding hydrogens is 367 g/mol. The summed E-state index contributed by atoms with van der Waals surface area (Å²) < 4.78 is 37.8. The number of aromatic nitrogens is 1. The molecule has 2 aromatic carbocycles. The first-order valence-corrected chi connectivity index (χ1v) is 8.72. The third kappa shape index (κ3) is 3.55. The minimum atomic E-state index is -4.43. The molecule has 7 heteroatoms. The molecule has 1 N–H and O–H groups in total. The first-order valence-electron chi connectivity index (χ1n) is 8.72. The fourth-order valence-electron chi connectivity index (χ4n) is 3.21. The molecule has 0 bridgehead atoms. The maximum absolute atomic E-state index is 12.6. The van der Waals surface area contributed by atoms with Gasteiger partial charge < -0.3 is 10.2 Å². The molecule has 0 saturated carbocycles. The Labute approximate surface area is 159 Å². The van der Waals surface area contributed by atoms with E-state index in [1.54, 1.807) is 6.07 Å². The molecule has 0 spiro atoms. The molecule has 4 rings (SSSR count). The van der Waals surface area contributed by atoms with E-state index in [4.69, 9.17) is 0 Å². The van der Waals surface area contributed by atoms with Gasteiger partial charge in [0, 0.05) is 17.8 Å². The van der Waals surface area contributed by atoms with Gasteiger partial charge in [0.1, 0.15) is 5.82 Å². The van der Waals surface area contributed by atoms with E-state index in [1.807, 2.05) is 24.3 Å². The normalized spacial score (nSPS) is 13.3. The summed E-state index contributed by atoms with van der Waals surface area (Å²) in [4.78, 5) is 18.8. The van der Waals surface area contributed by atoms with Crippen molar-refractivity contribution in [2.45, 2.75) is 12.6 Å². The van der Waals surface area contributed by atoms with Crippen molar-refractivity contribution < 1.29 is 18.0 Å². The molecular formula is C21H16F3N3O. The zero-order chi connectivity index (χ0) is 19.7. The van der Waals surface area contributed by atoms with Crippen molar-refractivity contribution in [1.82, 2.24) is 4.98 Å². The van der Waals surface area contributed by atoms with Crippen LogP contribution in [0, 0.1) is 0 Å². The summed E-state index contributed by atoms with van der Waals surface area (Å²) in [6.45, 7) is 0.837. The van der Waals surface area contributed by atoms with Crippen molar-refractivity contribution in [2.24, 2.45) is 0 Å². The number of halogens is 3. The lowest BCUT2D eigenvalue weighted by molar-refractivity contribution is -0.137. The first-order chi connectivity index (χ1) is 13.4. The smallest absolute Gasteiger partial charge is 0.326 e. The maximum Gasteiger partial charge on any atom is 0.416 e. The number of amides is 1. The number of hydrogen-bond donors (Lipinski definition) is 1. The molecule has 1 aromatic heterocycles. The van der Waals surface area contributed by atoms with Gasteiger partial charge in [-0.05, 0) is 54.4 Å². The Morgan fingerprint density at radius 3 is 2.43 bits per heavy atom. The van der Waals surface area contributed by atoms with Gasteiger partial charge in [0.2, 0.25) is 0 Å². The van der Waals surface area contributed by atoms with E-state index in [0.29, 0.717) is 5.69 Å². The van der Waals surface area contributed by atoms with Crippen LogP contribution in [0.3, 0.4) is 0 Å². The van der Waals surface area contributed by atoms with E-state index in [9.17, 15) is 18.0 Å². The number of nitrogens with zero attached hydrogens (tertiary/aromatic N) is 2. The summed E-state index contributed by atoms with van der Waals surface area (Å²) in [5.74, 6) is 0.285. The lowest BCUT2D eigenvalue weighted by atomic mass is 10.1. The lowest BCUT2D eigenvalue weighted by Crippen LogP contribution is -2.16. The van der Waals surface area contributed by atoms with Crippen molar-refractivity contribution in [1.29, 1.82) is 0 Å². The molecule has 1 aliphatic heterocycles. The van der Waals surface area contributed by atoms with Gasteiger partial charge in [-0.3, -0.25) is 4.79 Å². The van der Waals surface area contributed by atoms with Crippen molar-refractivity contribution in [3.63, 3.8) is 0 Å². The number of rotatable bonds is 3. The molecule has 1 aliphatic rings. The standard InChI is InChI=1S/C21H16F3N3O/c22-21(23,24)16-7-5-15(6-8-16)20(28)26-17-9-10-19(25-13-17)27-12-11-14-3-1-2-4-18(14)27/h1-10,13H,11-12H2,(H,26,28). The number of fused-ring (bicyclic) bond motifs is 1. The number of benzene rings is 2. The highest BCUT2D eigenvalue weighted by atomic mass is 19.4. The number of alkyl halides is 3. The second kappa shape index (κ2) is 6.99. The maximum atomic E-state index is 12.6. The Kier molecular flexibility index (Phi) is 4.50. The van der Waals surface area contributed by atoms with Crippen LogP contribution in [0.1, 0.15) is 21.5 Å². The Morgan fingerprint density at radius 2 is 1.75 bits per heavy atom. The molecule has 0 aliphatic carbocycles. The highest BCUT2D eigenvalue weighted by Gasteiger charge is 2.30. The molecule has 0 radical (unpaired) electrons. The summed E-state index contributed by atoms with van der Waals surface area (Å²) in [6, 6.07) is 15.8. The minimum absolute atomic E-state index is 0.144. The van der Waals surface area contributed by atoms with Gasteiger partial charge in [0.15, 0.2) is 0 Å². The van der Waals surface area contributed by atoms with Gasteiger partial charge in [0.05, 0.1) is 17.4 Å². The number of para-hydroxylation sites is 1. The number of nitrogens with one attached hydrogen (secondary N) is 1. The number of pyridine rings is 1. The number of hydrogen-bond acceptors (Lipinski definition) is 3. The molecule has 0 unspecified atom stereocenters. The quantitative estimate of drug-likeness (QED) is 0.689. The van der Waals surface area contributed by atoms with Crippen molar-refractivity contribution in [3.05, 3.63) is 83.6 Å². The third-order valence-electron chi connectivity index (χ3n) is 4.64. The molecule has 0 saturated heterocycles. The van der Waals surface area contributed by atoms with Gasteiger partial charge in [-0.2, -0.15) is 13.2 Å². The first kappa shape index (κ1) is 18.0.